The van der Waals surface area contributed by atoms with E-state index in [1.807, 2.05) is 29.0 Å². The summed E-state index contributed by atoms with van der Waals surface area (Å²) in [7, 11) is 0. The van der Waals surface area contributed by atoms with Crippen LogP contribution in [0.3, 0.4) is 0 Å². The molecule has 0 spiro atoms. The second-order valence-electron chi connectivity index (χ2n) is 4.33. The van der Waals surface area contributed by atoms with Crippen LogP contribution in [0.5, 0.6) is 11.5 Å². The molecule has 0 unspecified atom stereocenters. The van der Waals surface area contributed by atoms with Gasteiger partial charge in [-0.25, -0.2) is 0 Å². The summed E-state index contributed by atoms with van der Waals surface area (Å²) in [6.45, 7) is 0.307. The molecule has 0 amide bonds. The molecule has 0 fully saturated rings. The first-order valence-electron chi connectivity index (χ1n) is 6.67. The second kappa shape index (κ2) is 7.06. The van der Waals surface area contributed by atoms with Crippen molar-refractivity contribution in [3.63, 3.8) is 0 Å². The van der Waals surface area contributed by atoms with Crippen molar-refractivity contribution in [2.45, 2.75) is 6.61 Å². The lowest BCUT2D eigenvalue weighted by Crippen LogP contribution is -2.04. The summed E-state index contributed by atoms with van der Waals surface area (Å²) < 4.78 is 16.2. The van der Waals surface area contributed by atoms with Gasteiger partial charge in [-0.2, -0.15) is 16.3 Å². The smallest absolute Gasteiger partial charge is 0.264 e. The normalized spacial score (nSPS) is 10.6. The van der Waals surface area contributed by atoms with Crippen molar-refractivity contribution in [3.05, 3.63) is 47.0 Å². The molecule has 0 saturated heterocycles. The highest BCUT2D eigenvalue weighted by Crippen LogP contribution is 2.27. The van der Waals surface area contributed by atoms with Crippen LogP contribution in [0, 0.1) is 0 Å². The maximum absolute atomic E-state index is 8.82. The number of ether oxygens (including phenoxy) is 2. The molecule has 22 heavy (non-hydrogen) atoms. The van der Waals surface area contributed by atoms with Gasteiger partial charge in [0.15, 0.2) is 18.1 Å². The molecule has 0 aliphatic carbocycles. The Morgan fingerprint density at radius 1 is 1.14 bits per heavy atom. The average Bonchev–Trinajstić information content (AvgIpc) is 3.22. The first-order valence-corrected chi connectivity index (χ1v) is 7.62. The third kappa shape index (κ3) is 3.44. The standard InChI is InChI=1S/C15H14N2O4S/c18-6-7-19-12-3-1-2-4-13(12)20-9-14-16-15(17-21-14)11-5-8-22-10-11/h1-5,8,10,18H,6-7,9H2. The van der Waals surface area contributed by atoms with E-state index in [9.17, 15) is 0 Å². The number of hydrogen-bond acceptors (Lipinski definition) is 7. The number of aromatic nitrogens is 2. The summed E-state index contributed by atoms with van der Waals surface area (Å²) >= 11 is 1.57. The maximum Gasteiger partial charge on any atom is 0.264 e. The van der Waals surface area contributed by atoms with Gasteiger partial charge < -0.3 is 19.1 Å². The van der Waals surface area contributed by atoms with Crippen LogP contribution in [0.1, 0.15) is 5.89 Å². The molecule has 6 nitrogen and oxygen atoms in total. The van der Waals surface area contributed by atoms with Crippen LogP contribution in [-0.2, 0) is 6.61 Å². The molecule has 2 aromatic heterocycles. The highest BCUT2D eigenvalue weighted by atomic mass is 32.1. The molecule has 7 heteroatoms. The van der Waals surface area contributed by atoms with Crippen molar-refractivity contribution < 1.29 is 19.1 Å². The highest BCUT2D eigenvalue weighted by Gasteiger charge is 2.11. The van der Waals surface area contributed by atoms with Crippen LogP contribution in [0.25, 0.3) is 11.4 Å². The number of aliphatic hydroxyl groups excluding tert-OH is 1. The molecule has 3 rings (SSSR count). The second-order valence-corrected chi connectivity index (χ2v) is 5.11. The van der Waals surface area contributed by atoms with E-state index in [-0.39, 0.29) is 19.8 Å². The van der Waals surface area contributed by atoms with E-state index in [2.05, 4.69) is 10.1 Å². The minimum absolute atomic E-state index is 0.0536. The minimum atomic E-state index is -0.0536. The molecule has 0 radical (unpaired) electrons. The van der Waals surface area contributed by atoms with Crippen LogP contribution in [0.4, 0.5) is 0 Å². The summed E-state index contributed by atoms with van der Waals surface area (Å²) in [5.41, 5.74) is 0.923. The van der Waals surface area contributed by atoms with Gasteiger partial charge in [0.25, 0.3) is 5.89 Å². The van der Waals surface area contributed by atoms with Crippen molar-refractivity contribution in [2.75, 3.05) is 13.2 Å². The van der Waals surface area contributed by atoms with Crippen LogP contribution in [0.2, 0.25) is 0 Å². The quantitative estimate of drug-likeness (QED) is 0.722. The SMILES string of the molecule is OCCOc1ccccc1OCc1nc(-c2ccsc2)no1. The molecule has 0 bridgehead atoms. The van der Waals surface area contributed by atoms with Gasteiger partial charge in [0.2, 0.25) is 5.82 Å². The van der Waals surface area contributed by atoms with Gasteiger partial charge in [-0.05, 0) is 23.6 Å². The van der Waals surface area contributed by atoms with Gasteiger partial charge in [0, 0.05) is 10.9 Å². The Labute approximate surface area is 130 Å². The van der Waals surface area contributed by atoms with Gasteiger partial charge in [-0.1, -0.05) is 17.3 Å². The number of rotatable bonds is 7. The van der Waals surface area contributed by atoms with Crippen molar-refractivity contribution in [3.8, 4) is 22.9 Å². The molecular weight excluding hydrogens is 304 g/mol. The molecule has 3 aromatic rings. The van der Waals surface area contributed by atoms with Crippen LogP contribution >= 0.6 is 11.3 Å². The Kier molecular flexibility index (Phi) is 4.67. The molecule has 0 aliphatic heterocycles. The Balaban J connectivity index is 1.65. The molecular formula is C15H14N2O4S. The minimum Gasteiger partial charge on any atom is -0.487 e. The van der Waals surface area contributed by atoms with Gasteiger partial charge in [-0.3, -0.25) is 0 Å². The lowest BCUT2D eigenvalue weighted by Gasteiger charge is -2.10. The topological polar surface area (TPSA) is 77.6 Å². The Bertz CT molecular complexity index is 712. The molecule has 0 aliphatic rings. The van der Waals surface area contributed by atoms with Gasteiger partial charge >= 0.3 is 0 Å². The lowest BCUT2D eigenvalue weighted by molar-refractivity contribution is 0.187. The van der Waals surface area contributed by atoms with Gasteiger partial charge in [-0.15, -0.1) is 0 Å². The van der Waals surface area contributed by atoms with Gasteiger partial charge in [0.05, 0.1) is 6.61 Å². The number of nitrogens with zero attached hydrogens (tertiary/aromatic N) is 2. The maximum atomic E-state index is 8.82. The summed E-state index contributed by atoms with van der Waals surface area (Å²) in [5.74, 6) is 2.06. The zero-order valence-electron chi connectivity index (χ0n) is 11.6. The van der Waals surface area contributed by atoms with E-state index >= 15 is 0 Å². The largest absolute Gasteiger partial charge is 0.487 e. The van der Waals surface area contributed by atoms with E-state index in [0.717, 1.165) is 5.56 Å². The fourth-order valence-corrected chi connectivity index (χ4v) is 2.44. The van der Waals surface area contributed by atoms with Crippen molar-refractivity contribution in [1.29, 1.82) is 0 Å². The Morgan fingerprint density at radius 2 is 1.95 bits per heavy atom. The van der Waals surface area contributed by atoms with Crippen molar-refractivity contribution in [2.24, 2.45) is 0 Å². The van der Waals surface area contributed by atoms with Crippen molar-refractivity contribution in [1.82, 2.24) is 10.1 Å². The van der Waals surface area contributed by atoms with E-state index in [1.165, 1.54) is 0 Å². The lowest BCUT2D eigenvalue weighted by atomic mass is 10.3. The number of para-hydroxylation sites is 2. The van der Waals surface area contributed by atoms with E-state index in [0.29, 0.717) is 23.2 Å². The molecule has 0 saturated carbocycles. The van der Waals surface area contributed by atoms with E-state index in [4.69, 9.17) is 19.1 Å². The monoisotopic (exact) mass is 318 g/mol. The first-order chi connectivity index (χ1) is 10.9. The Hall–Kier alpha value is -2.38. The zero-order valence-corrected chi connectivity index (χ0v) is 12.5. The van der Waals surface area contributed by atoms with Gasteiger partial charge in [0.1, 0.15) is 6.61 Å². The fraction of sp³-hybridized carbons (Fsp3) is 0.200. The van der Waals surface area contributed by atoms with E-state index < -0.39 is 0 Å². The van der Waals surface area contributed by atoms with Crippen LogP contribution in [0.15, 0.2) is 45.6 Å². The Morgan fingerprint density at radius 3 is 2.68 bits per heavy atom. The number of benzene rings is 1. The summed E-state index contributed by atoms with van der Waals surface area (Å²) in [4.78, 5) is 4.28. The summed E-state index contributed by atoms with van der Waals surface area (Å²) in [6, 6.07) is 9.16. The predicted molar refractivity (Wildman–Crippen MR) is 81.0 cm³/mol. The van der Waals surface area contributed by atoms with Crippen molar-refractivity contribution >= 4 is 11.3 Å². The van der Waals surface area contributed by atoms with E-state index in [1.54, 1.807) is 23.5 Å². The summed E-state index contributed by atoms with van der Waals surface area (Å²) in [5, 5.41) is 16.6. The number of thiophene rings is 1. The third-order valence-corrected chi connectivity index (χ3v) is 3.48. The van der Waals surface area contributed by atoms with Crippen LogP contribution in [-0.4, -0.2) is 28.5 Å². The average molecular weight is 318 g/mol. The molecule has 1 aromatic carbocycles. The molecule has 0 atom stereocenters. The first kappa shape index (κ1) is 14.6. The number of hydrogen-bond donors (Lipinski definition) is 1. The number of aliphatic hydroxyl groups is 1. The highest BCUT2D eigenvalue weighted by molar-refractivity contribution is 7.08. The molecule has 2 heterocycles. The fourth-order valence-electron chi connectivity index (χ4n) is 1.81. The zero-order chi connectivity index (χ0) is 15.2. The predicted octanol–water partition coefficient (Wildman–Crippen LogP) is 2.75. The third-order valence-electron chi connectivity index (χ3n) is 2.80. The summed E-state index contributed by atoms with van der Waals surface area (Å²) in [6.07, 6.45) is 0. The molecule has 1 N–H and O–H groups in total. The van der Waals surface area contributed by atoms with Crippen LogP contribution < -0.4 is 9.47 Å². The molecule has 114 valence electrons.